The lowest BCUT2D eigenvalue weighted by molar-refractivity contribution is -0.384. The van der Waals surface area contributed by atoms with Crippen molar-refractivity contribution in [2.45, 2.75) is 0 Å². The summed E-state index contributed by atoms with van der Waals surface area (Å²) in [6, 6.07) is 7.06. The number of rotatable bonds is 4. The van der Waals surface area contributed by atoms with Gasteiger partial charge in [0.25, 0.3) is 5.69 Å². The van der Waals surface area contributed by atoms with E-state index in [4.69, 9.17) is 11.6 Å². The molecule has 0 N–H and O–H groups in total. The summed E-state index contributed by atoms with van der Waals surface area (Å²) in [4.78, 5) is 24.8. The average Bonchev–Trinajstić information content (AvgIpc) is 2.86. The first-order chi connectivity index (χ1) is 9.47. The monoisotopic (exact) mass is 311 g/mol. The molecule has 0 saturated carbocycles. The van der Waals surface area contributed by atoms with Gasteiger partial charge in [0, 0.05) is 18.3 Å². The number of thiophene rings is 1. The number of hydrogen-bond donors (Lipinski definition) is 0. The van der Waals surface area contributed by atoms with Crippen LogP contribution in [0.3, 0.4) is 0 Å². The highest BCUT2D eigenvalue weighted by Gasteiger charge is 2.12. The SMILES string of the molecule is O=[N+]([O-])c1ccc(C=Nc2ccc(Cl)c([N+](=O)[O-])c2)s1. The van der Waals surface area contributed by atoms with Crippen molar-refractivity contribution in [2.24, 2.45) is 4.99 Å². The zero-order chi connectivity index (χ0) is 14.7. The summed E-state index contributed by atoms with van der Waals surface area (Å²) in [5.74, 6) is 0. The van der Waals surface area contributed by atoms with E-state index in [0.717, 1.165) is 11.3 Å². The zero-order valence-corrected chi connectivity index (χ0v) is 11.3. The van der Waals surface area contributed by atoms with Crippen LogP contribution >= 0.6 is 22.9 Å². The van der Waals surface area contributed by atoms with Crippen LogP contribution in [-0.2, 0) is 0 Å². The molecule has 0 atom stereocenters. The number of nitro groups is 2. The van der Waals surface area contributed by atoms with Crippen LogP contribution in [0.25, 0.3) is 0 Å². The molecule has 20 heavy (non-hydrogen) atoms. The van der Waals surface area contributed by atoms with Gasteiger partial charge in [-0.1, -0.05) is 22.9 Å². The summed E-state index contributed by atoms with van der Waals surface area (Å²) in [6.45, 7) is 0. The highest BCUT2D eigenvalue weighted by Crippen LogP contribution is 2.29. The molecule has 0 bridgehead atoms. The minimum absolute atomic E-state index is 0.00790. The summed E-state index contributed by atoms with van der Waals surface area (Å²) in [7, 11) is 0. The molecule has 0 aliphatic heterocycles. The molecular formula is C11H6ClN3O4S. The van der Waals surface area contributed by atoms with E-state index in [1.807, 2.05) is 0 Å². The number of aliphatic imine (C=N–C) groups is 1. The van der Waals surface area contributed by atoms with Gasteiger partial charge in [-0.05, 0) is 18.2 Å². The van der Waals surface area contributed by atoms with Crippen LogP contribution in [0.1, 0.15) is 4.88 Å². The smallest absolute Gasteiger partial charge is 0.258 e. The summed E-state index contributed by atoms with van der Waals surface area (Å²) < 4.78 is 0. The van der Waals surface area contributed by atoms with Crippen LogP contribution in [0, 0.1) is 20.2 Å². The lowest BCUT2D eigenvalue weighted by Crippen LogP contribution is -1.88. The molecule has 2 rings (SSSR count). The Kier molecular flexibility index (Phi) is 4.06. The zero-order valence-electron chi connectivity index (χ0n) is 9.72. The molecule has 1 heterocycles. The van der Waals surface area contributed by atoms with Crippen molar-refractivity contribution in [3.8, 4) is 0 Å². The second-order valence-corrected chi connectivity index (χ2v) is 5.09. The predicted octanol–water partition coefficient (Wildman–Crippen LogP) is 3.97. The van der Waals surface area contributed by atoms with Crippen molar-refractivity contribution in [2.75, 3.05) is 0 Å². The Labute approximate surface area is 121 Å². The Morgan fingerprint density at radius 2 is 1.90 bits per heavy atom. The van der Waals surface area contributed by atoms with Crippen LogP contribution in [0.5, 0.6) is 0 Å². The van der Waals surface area contributed by atoms with Gasteiger partial charge >= 0.3 is 5.00 Å². The molecular weight excluding hydrogens is 306 g/mol. The quantitative estimate of drug-likeness (QED) is 0.484. The molecule has 102 valence electrons. The van der Waals surface area contributed by atoms with Crippen molar-refractivity contribution < 1.29 is 9.85 Å². The normalized spacial score (nSPS) is 10.8. The fourth-order valence-electron chi connectivity index (χ4n) is 1.37. The fraction of sp³-hybridized carbons (Fsp3) is 0. The summed E-state index contributed by atoms with van der Waals surface area (Å²) in [5, 5.41) is 21.3. The van der Waals surface area contributed by atoms with Crippen molar-refractivity contribution >= 4 is 45.5 Å². The number of benzene rings is 1. The Morgan fingerprint density at radius 3 is 2.50 bits per heavy atom. The van der Waals surface area contributed by atoms with Crippen LogP contribution in [0.4, 0.5) is 16.4 Å². The van der Waals surface area contributed by atoms with E-state index in [0.29, 0.717) is 10.6 Å². The minimum atomic E-state index is -0.600. The maximum atomic E-state index is 10.7. The van der Waals surface area contributed by atoms with Crippen molar-refractivity contribution in [3.63, 3.8) is 0 Å². The maximum Gasteiger partial charge on any atom is 0.324 e. The Bertz CT molecular complexity index is 713. The van der Waals surface area contributed by atoms with Crippen molar-refractivity contribution in [3.05, 3.63) is 60.5 Å². The van der Waals surface area contributed by atoms with E-state index in [1.54, 1.807) is 6.07 Å². The Morgan fingerprint density at radius 1 is 1.15 bits per heavy atom. The number of hydrogen-bond acceptors (Lipinski definition) is 6. The molecule has 0 fully saturated rings. The van der Waals surface area contributed by atoms with Gasteiger partial charge in [0.15, 0.2) is 0 Å². The Hall–Kier alpha value is -2.32. The van der Waals surface area contributed by atoms with Crippen LogP contribution < -0.4 is 0 Å². The number of nitrogens with zero attached hydrogens (tertiary/aromatic N) is 3. The van der Waals surface area contributed by atoms with E-state index in [9.17, 15) is 20.2 Å². The molecule has 0 spiro atoms. The molecule has 0 unspecified atom stereocenters. The van der Waals surface area contributed by atoms with Gasteiger partial charge in [-0.3, -0.25) is 25.2 Å². The van der Waals surface area contributed by atoms with Gasteiger partial charge in [-0.25, -0.2) is 0 Å². The first kappa shape index (κ1) is 14.1. The van der Waals surface area contributed by atoms with E-state index < -0.39 is 9.85 Å². The highest BCUT2D eigenvalue weighted by atomic mass is 35.5. The topological polar surface area (TPSA) is 98.6 Å². The molecule has 2 aromatic rings. The fourth-order valence-corrected chi connectivity index (χ4v) is 2.25. The molecule has 1 aromatic carbocycles. The molecule has 1 aromatic heterocycles. The number of nitro benzene ring substituents is 1. The largest absolute Gasteiger partial charge is 0.324 e. The third-order valence-electron chi connectivity index (χ3n) is 2.26. The van der Waals surface area contributed by atoms with Gasteiger partial charge in [0.05, 0.1) is 20.4 Å². The molecule has 0 aliphatic carbocycles. The summed E-state index contributed by atoms with van der Waals surface area (Å²) >= 11 is 6.65. The average molecular weight is 312 g/mol. The van der Waals surface area contributed by atoms with Gasteiger partial charge in [-0.15, -0.1) is 0 Å². The predicted molar refractivity (Wildman–Crippen MR) is 76.3 cm³/mol. The lowest BCUT2D eigenvalue weighted by Gasteiger charge is -1.96. The third kappa shape index (κ3) is 3.16. The molecule has 0 saturated heterocycles. The van der Waals surface area contributed by atoms with Crippen molar-refractivity contribution in [1.29, 1.82) is 0 Å². The minimum Gasteiger partial charge on any atom is -0.258 e. The highest BCUT2D eigenvalue weighted by molar-refractivity contribution is 7.16. The Balaban J connectivity index is 2.24. The van der Waals surface area contributed by atoms with Gasteiger partial charge in [-0.2, -0.15) is 0 Å². The number of halogens is 1. The van der Waals surface area contributed by atoms with Gasteiger partial charge < -0.3 is 0 Å². The van der Waals surface area contributed by atoms with E-state index in [1.165, 1.54) is 30.5 Å². The standard InChI is InChI=1S/C11H6ClN3O4S/c12-9-3-1-7(5-10(9)14(16)17)13-6-8-2-4-11(20-8)15(18)19/h1-6H. The van der Waals surface area contributed by atoms with E-state index >= 15 is 0 Å². The third-order valence-corrected chi connectivity index (χ3v) is 3.55. The molecule has 0 amide bonds. The maximum absolute atomic E-state index is 10.7. The molecule has 7 nitrogen and oxygen atoms in total. The molecule has 0 aliphatic rings. The summed E-state index contributed by atoms with van der Waals surface area (Å²) in [6.07, 6.45) is 1.41. The first-order valence-electron chi connectivity index (χ1n) is 5.19. The molecule has 0 radical (unpaired) electrons. The lowest BCUT2D eigenvalue weighted by atomic mass is 10.3. The van der Waals surface area contributed by atoms with Crippen molar-refractivity contribution in [1.82, 2.24) is 0 Å². The van der Waals surface area contributed by atoms with Gasteiger partial charge in [0.2, 0.25) is 0 Å². The van der Waals surface area contributed by atoms with Crippen LogP contribution in [0.2, 0.25) is 5.02 Å². The second-order valence-electron chi connectivity index (χ2n) is 3.58. The van der Waals surface area contributed by atoms with E-state index in [2.05, 4.69) is 4.99 Å². The first-order valence-corrected chi connectivity index (χ1v) is 6.39. The van der Waals surface area contributed by atoms with Crippen LogP contribution in [-0.4, -0.2) is 16.1 Å². The molecule has 9 heteroatoms. The van der Waals surface area contributed by atoms with E-state index in [-0.39, 0.29) is 15.7 Å². The van der Waals surface area contributed by atoms with Gasteiger partial charge in [0.1, 0.15) is 5.02 Å². The van der Waals surface area contributed by atoms with Crippen LogP contribution in [0.15, 0.2) is 35.3 Å². The second kappa shape index (κ2) is 5.76. The summed E-state index contributed by atoms with van der Waals surface area (Å²) in [5.41, 5.74) is 0.107.